The van der Waals surface area contributed by atoms with E-state index in [-0.39, 0.29) is 25.7 Å². The molecular weight excluding hydrogens is 545 g/mol. The van der Waals surface area contributed by atoms with Crippen molar-refractivity contribution in [3.63, 3.8) is 0 Å². The predicted octanol–water partition coefficient (Wildman–Crippen LogP) is 3.19. The molecule has 3 fully saturated rings. The molecule has 2 saturated heterocycles. The summed E-state index contributed by atoms with van der Waals surface area (Å²) in [6.45, 7) is 1.71. The summed E-state index contributed by atoms with van der Waals surface area (Å²) in [7, 11) is 4.76. The molecule has 2 aromatic carbocycles. The standard InChI is InChI=1S/C30H31N3O4Se/c1-35-22-11-10-20-24(25(22)36-2)32-30-21(26(34)37-3)16-27(17-23(30)38-19-8-5-4-6-9-19)12-7-14-33-15-13-28(20,30)29(27,33)18-31/h4-6,8-11,16,23,32H,7,12-15,17H2,1-3H3/t23-,27+,28-,29+,30+/m1/s1. The third-order valence-electron chi connectivity index (χ3n) is 10.1. The van der Waals surface area contributed by atoms with E-state index in [9.17, 15) is 10.1 Å². The van der Waals surface area contributed by atoms with Crippen LogP contribution in [0, 0.1) is 16.7 Å². The normalized spacial score (nSPS) is 35.7. The van der Waals surface area contributed by atoms with Gasteiger partial charge in [0.1, 0.15) is 0 Å². The summed E-state index contributed by atoms with van der Waals surface area (Å²) in [6.07, 6.45) is 5.70. The van der Waals surface area contributed by atoms with Crippen LogP contribution in [0.2, 0.25) is 4.82 Å². The van der Waals surface area contributed by atoms with Gasteiger partial charge in [-0.25, -0.2) is 0 Å². The van der Waals surface area contributed by atoms with Crippen molar-refractivity contribution < 1.29 is 19.0 Å². The SMILES string of the molecule is COC(=O)C1=C[C@@]23CCCN4CC[C@@]5(c6ccc(OC)c(OC)c6N[C@]15[C@H]([Se]c1ccccc1)C2)[C@@]43C#N. The Bertz CT molecular complexity index is 1420. The van der Waals surface area contributed by atoms with E-state index in [0.29, 0.717) is 17.1 Å². The van der Waals surface area contributed by atoms with Crippen LogP contribution in [-0.4, -0.2) is 71.3 Å². The molecule has 3 aliphatic heterocycles. The molecule has 6 aliphatic rings. The fourth-order valence-corrected chi connectivity index (χ4v) is 12.4. The van der Waals surface area contributed by atoms with Crippen LogP contribution in [0.3, 0.4) is 0 Å². The molecule has 1 saturated carbocycles. The summed E-state index contributed by atoms with van der Waals surface area (Å²) in [6, 6.07) is 17.6. The zero-order chi connectivity index (χ0) is 26.3. The van der Waals surface area contributed by atoms with Gasteiger partial charge in [0.2, 0.25) is 0 Å². The van der Waals surface area contributed by atoms with Gasteiger partial charge in [0.05, 0.1) is 0 Å². The molecule has 2 aromatic rings. The van der Waals surface area contributed by atoms with Gasteiger partial charge in [0, 0.05) is 0 Å². The number of rotatable bonds is 5. The van der Waals surface area contributed by atoms with Crippen LogP contribution in [0.25, 0.3) is 0 Å². The number of hydrogen-bond acceptors (Lipinski definition) is 7. The van der Waals surface area contributed by atoms with Crippen LogP contribution in [0.15, 0.2) is 54.1 Å². The van der Waals surface area contributed by atoms with Gasteiger partial charge in [-0.15, -0.1) is 0 Å². The molecule has 8 heteroatoms. The molecule has 0 unspecified atom stereocenters. The molecule has 3 heterocycles. The average Bonchev–Trinajstić information content (AvgIpc) is 3.47. The van der Waals surface area contributed by atoms with E-state index in [1.165, 1.54) is 11.6 Å². The van der Waals surface area contributed by atoms with Gasteiger partial charge < -0.3 is 0 Å². The molecular formula is C30H31N3O4Se. The zero-order valence-electron chi connectivity index (χ0n) is 21.9. The Labute approximate surface area is 229 Å². The number of esters is 1. The second kappa shape index (κ2) is 8.02. The fraction of sp³-hybridized carbons (Fsp3) is 0.467. The zero-order valence-corrected chi connectivity index (χ0v) is 23.6. The van der Waals surface area contributed by atoms with Gasteiger partial charge in [0.15, 0.2) is 0 Å². The molecule has 3 spiro atoms. The van der Waals surface area contributed by atoms with Crippen molar-refractivity contribution in [1.29, 1.82) is 5.26 Å². The number of nitriles is 1. The first-order chi connectivity index (χ1) is 18.5. The van der Waals surface area contributed by atoms with Crippen LogP contribution >= 0.6 is 0 Å². The molecule has 1 N–H and O–H groups in total. The number of benzene rings is 2. The number of piperidine rings is 1. The molecule has 196 valence electrons. The molecule has 8 rings (SSSR count). The second-order valence-electron chi connectivity index (χ2n) is 11.1. The van der Waals surface area contributed by atoms with Crippen molar-refractivity contribution in [2.24, 2.45) is 5.41 Å². The van der Waals surface area contributed by atoms with E-state index >= 15 is 0 Å². The number of nitrogens with one attached hydrogen (secondary N) is 1. The summed E-state index contributed by atoms with van der Waals surface area (Å²) in [5, 5.41) is 15.2. The maximum absolute atomic E-state index is 13.8. The number of carbonyl (C=O) groups is 1. The van der Waals surface area contributed by atoms with Crippen LogP contribution in [0.1, 0.15) is 31.2 Å². The average molecular weight is 577 g/mol. The Kier molecular flexibility index (Phi) is 5.08. The van der Waals surface area contributed by atoms with Gasteiger partial charge >= 0.3 is 230 Å². The number of fused-ring (bicyclic) bond motifs is 2. The first kappa shape index (κ1) is 24.1. The van der Waals surface area contributed by atoms with Crippen LogP contribution in [0.4, 0.5) is 5.69 Å². The summed E-state index contributed by atoms with van der Waals surface area (Å²) in [5.41, 5.74) is -0.0655. The van der Waals surface area contributed by atoms with Gasteiger partial charge in [-0.05, 0) is 0 Å². The van der Waals surface area contributed by atoms with Crippen molar-refractivity contribution in [2.45, 2.75) is 47.0 Å². The van der Waals surface area contributed by atoms with Crippen LogP contribution in [0.5, 0.6) is 11.5 Å². The molecule has 3 aliphatic carbocycles. The van der Waals surface area contributed by atoms with Crippen molar-refractivity contribution in [3.05, 3.63) is 59.7 Å². The number of anilines is 1. The van der Waals surface area contributed by atoms with Crippen LogP contribution in [-0.2, 0) is 14.9 Å². The summed E-state index contributed by atoms with van der Waals surface area (Å²) in [4.78, 5) is 16.3. The Morgan fingerprint density at radius 3 is 2.63 bits per heavy atom. The molecule has 0 aromatic heterocycles. The minimum atomic E-state index is -0.804. The van der Waals surface area contributed by atoms with Gasteiger partial charge in [-0.2, -0.15) is 0 Å². The summed E-state index contributed by atoms with van der Waals surface area (Å²) in [5.74, 6) is 0.949. The topological polar surface area (TPSA) is 83.8 Å². The van der Waals surface area contributed by atoms with Gasteiger partial charge in [-0.3, -0.25) is 0 Å². The van der Waals surface area contributed by atoms with E-state index in [1.807, 2.05) is 12.1 Å². The van der Waals surface area contributed by atoms with E-state index in [2.05, 4.69) is 52.7 Å². The Balaban J connectivity index is 1.59. The molecule has 38 heavy (non-hydrogen) atoms. The Hall–Kier alpha value is -2.98. The quantitative estimate of drug-likeness (QED) is 0.433. The van der Waals surface area contributed by atoms with E-state index in [1.54, 1.807) is 14.2 Å². The van der Waals surface area contributed by atoms with Crippen molar-refractivity contribution in [2.75, 3.05) is 39.7 Å². The third kappa shape index (κ3) is 2.43. The minimum absolute atomic E-state index is 0.0354. The molecule has 0 radical (unpaired) electrons. The number of ether oxygens (including phenoxy) is 3. The van der Waals surface area contributed by atoms with E-state index < -0.39 is 21.9 Å². The Morgan fingerprint density at radius 1 is 1.11 bits per heavy atom. The number of nitrogens with zero attached hydrogens (tertiary/aromatic N) is 2. The van der Waals surface area contributed by atoms with Gasteiger partial charge in [0.25, 0.3) is 0 Å². The Morgan fingerprint density at radius 2 is 1.92 bits per heavy atom. The van der Waals surface area contributed by atoms with Crippen molar-refractivity contribution in [1.82, 2.24) is 4.90 Å². The monoisotopic (exact) mass is 577 g/mol. The van der Waals surface area contributed by atoms with Crippen molar-refractivity contribution in [3.8, 4) is 17.6 Å². The molecule has 5 atom stereocenters. The van der Waals surface area contributed by atoms with Crippen molar-refractivity contribution >= 4 is 31.1 Å². The number of methoxy groups -OCH3 is 3. The molecule has 7 nitrogen and oxygen atoms in total. The predicted molar refractivity (Wildman–Crippen MR) is 144 cm³/mol. The molecule has 2 bridgehead atoms. The number of carbonyl (C=O) groups excluding carboxylic acids is 1. The van der Waals surface area contributed by atoms with E-state index in [4.69, 9.17) is 14.2 Å². The molecule has 0 amide bonds. The fourth-order valence-electron chi connectivity index (χ4n) is 9.03. The second-order valence-corrected chi connectivity index (χ2v) is 13.7. The summed E-state index contributed by atoms with van der Waals surface area (Å²) < 4.78 is 18.4. The van der Waals surface area contributed by atoms with E-state index in [0.717, 1.165) is 50.0 Å². The van der Waals surface area contributed by atoms with Gasteiger partial charge in [-0.1, -0.05) is 0 Å². The number of hydrogen-bond donors (Lipinski definition) is 1. The third-order valence-corrected chi connectivity index (χ3v) is 12.9. The van der Waals surface area contributed by atoms with Crippen LogP contribution < -0.4 is 19.3 Å². The summed E-state index contributed by atoms with van der Waals surface area (Å²) >= 11 is 0.0354. The first-order valence-electron chi connectivity index (χ1n) is 13.2. The first-order valence-corrected chi connectivity index (χ1v) is 15.1. The maximum atomic E-state index is 13.8.